The Morgan fingerprint density at radius 1 is 1.15 bits per heavy atom. The van der Waals surface area contributed by atoms with Crippen molar-refractivity contribution >= 4 is 33.4 Å². The van der Waals surface area contributed by atoms with Crippen LogP contribution in [0.15, 0.2) is 47.5 Å². The second-order valence-electron chi connectivity index (χ2n) is 6.88. The molecule has 0 spiro atoms. The summed E-state index contributed by atoms with van der Waals surface area (Å²) in [6.07, 6.45) is 7.98. The van der Waals surface area contributed by atoms with Crippen LogP contribution in [0.25, 0.3) is 0 Å². The van der Waals surface area contributed by atoms with E-state index in [1.165, 1.54) is 0 Å². The van der Waals surface area contributed by atoms with Crippen LogP contribution in [-0.4, -0.2) is 45.9 Å². The molecule has 0 N–H and O–H groups in total. The van der Waals surface area contributed by atoms with E-state index >= 15 is 0 Å². The number of nitrogens with zero attached hydrogens (tertiary/aromatic N) is 4. The number of halogens is 1. The standard InChI is InChI=1S/C19H21BrN4O2/c20-14-2-1-3-16(12-14)24-10-6-17(19(24)26)18(25)22-8-4-15(5-9-22)23-11-7-21-13-23/h1-3,7,11-13,15,17H,4-6,8-10H2. The number of anilines is 1. The lowest BCUT2D eigenvalue weighted by molar-refractivity contribution is -0.140. The topological polar surface area (TPSA) is 58.4 Å². The minimum atomic E-state index is -0.543. The highest BCUT2D eigenvalue weighted by molar-refractivity contribution is 9.10. The van der Waals surface area contributed by atoms with Gasteiger partial charge in [0.25, 0.3) is 0 Å². The summed E-state index contributed by atoms with van der Waals surface area (Å²) < 4.78 is 3.04. The Morgan fingerprint density at radius 3 is 2.65 bits per heavy atom. The molecule has 0 aliphatic carbocycles. The first-order chi connectivity index (χ1) is 12.6. The normalized spacial score (nSPS) is 21.4. The van der Waals surface area contributed by atoms with Gasteiger partial charge in [-0.2, -0.15) is 0 Å². The van der Waals surface area contributed by atoms with Crippen LogP contribution >= 0.6 is 15.9 Å². The number of hydrogen-bond donors (Lipinski definition) is 0. The molecule has 2 saturated heterocycles. The molecule has 0 saturated carbocycles. The number of rotatable bonds is 3. The summed E-state index contributed by atoms with van der Waals surface area (Å²) in [5.41, 5.74) is 0.846. The maximum Gasteiger partial charge on any atom is 0.239 e. The molecule has 7 heteroatoms. The molecule has 2 aliphatic rings. The van der Waals surface area contributed by atoms with Gasteiger partial charge in [-0.3, -0.25) is 9.59 Å². The minimum absolute atomic E-state index is 0.0171. The van der Waals surface area contributed by atoms with Crippen LogP contribution in [0.3, 0.4) is 0 Å². The number of carbonyl (C=O) groups is 2. The largest absolute Gasteiger partial charge is 0.342 e. The molecule has 2 fully saturated rings. The molecule has 4 rings (SSSR count). The van der Waals surface area contributed by atoms with Crippen LogP contribution in [0, 0.1) is 5.92 Å². The molecule has 136 valence electrons. The summed E-state index contributed by atoms with van der Waals surface area (Å²) in [6, 6.07) is 8.05. The van der Waals surface area contributed by atoms with Crippen molar-refractivity contribution < 1.29 is 9.59 Å². The highest BCUT2D eigenvalue weighted by Gasteiger charge is 2.40. The summed E-state index contributed by atoms with van der Waals surface area (Å²) in [4.78, 5) is 33.4. The van der Waals surface area contributed by atoms with Crippen LogP contribution < -0.4 is 4.90 Å². The fourth-order valence-electron chi connectivity index (χ4n) is 3.90. The summed E-state index contributed by atoms with van der Waals surface area (Å²) in [7, 11) is 0. The number of aromatic nitrogens is 2. The first-order valence-electron chi connectivity index (χ1n) is 8.96. The van der Waals surface area contributed by atoms with Gasteiger partial charge in [-0.1, -0.05) is 22.0 Å². The zero-order valence-electron chi connectivity index (χ0n) is 14.4. The number of piperidine rings is 1. The molecular formula is C19H21BrN4O2. The molecule has 0 bridgehead atoms. The Kier molecular flexibility index (Phi) is 4.80. The monoisotopic (exact) mass is 416 g/mol. The van der Waals surface area contributed by atoms with Crippen molar-refractivity contribution in [3.05, 3.63) is 47.5 Å². The van der Waals surface area contributed by atoms with Crippen molar-refractivity contribution in [2.45, 2.75) is 25.3 Å². The van der Waals surface area contributed by atoms with Crippen molar-refractivity contribution in [1.82, 2.24) is 14.5 Å². The van der Waals surface area contributed by atoms with Gasteiger partial charge in [-0.15, -0.1) is 0 Å². The molecule has 26 heavy (non-hydrogen) atoms. The molecule has 1 aromatic carbocycles. The van der Waals surface area contributed by atoms with Crippen LogP contribution in [0.2, 0.25) is 0 Å². The molecule has 2 aliphatic heterocycles. The van der Waals surface area contributed by atoms with E-state index in [1.54, 1.807) is 11.1 Å². The highest BCUT2D eigenvalue weighted by atomic mass is 79.9. The Morgan fingerprint density at radius 2 is 1.96 bits per heavy atom. The van der Waals surface area contributed by atoms with Gasteiger partial charge >= 0.3 is 0 Å². The fourth-order valence-corrected chi connectivity index (χ4v) is 4.29. The average molecular weight is 417 g/mol. The number of likely N-dealkylation sites (tertiary alicyclic amines) is 1. The first-order valence-corrected chi connectivity index (χ1v) is 9.76. The van der Waals surface area contributed by atoms with Gasteiger partial charge in [0.1, 0.15) is 5.92 Å². The van der Waals surface area contributed by atoms with E-state index in [0.29, 0.717) is 32.1 Å². The number of amides is 2. The van der Waals surface area contributed by atoms with Gasteiger partial charge in [0.05, 0.1) is 6.33 Å². The predicted molar refractivity (Wildman–Crippen MR) is 102 cm³/mol. The Bertz CT molecular complexity index is 800. The quantitative estimate of drug-likeness (QED) is 0.722. The lowest BCUT2D eigenvalue weighted by Crippen LogP contribution is -2.44. The Hall–Kier alpha value is -2.15. The Balaban J connectivity index is 1.39. The number of benzene rings is 1. The summed E-state index contributed by atoms with van der Waals surface area (Å²) in [6.45, 7) is 1.99. The fraction of sp³-hybridized carbons (Fsp3) is 0.421. The van der Waals surface area contributed by atoms with Crippen LogP contribution in [-0.2, 0) is 9.59 Å². The van der Waals surface area contributed by atoms with E-state index in [-0.39, 0.29) is 11.8 Å². The van der Waals surface area contributed by atoms with Crippen molar-refractivity contribution in [2.75, 3.05) is 24.5 Å². The molecule has 1 aromatic heterocycles. The van der Waals surface area contributed by atoms with Gasteiger partial charge in [-0.25, -0.2) is 4.98 Å². The number of hydrogen-bond acceptors (Lipinski definition) is 3. The van der Waals surface area contributed by atoms with E-state index in [9.17, 15) is 9.59 Å². The van der Waals surface area contributed by atoms with Crippen molar-refractivity contribution in [1.29, 1.82) is 0 Å². The maximum absolute atomic E-state index is 12.9. The zero-order valence-corrected chi connectivity index (χ0v) is 16.0. The van der Waals surface area contributed by atoms with Crippen molar-refractivity contribution in [2.24, 2.45) is 5.92 Å². The van der Waals surface area contributed by atoms with Gasteiger partial charge < -0.3 is 14.4 Å². The van der Waals surface area contributed by atoms with Gasteiger partial charge in [0, 0.05) is 48.2 Å². The van der Waals surface area contributed by atoms with Gasteiger partial charge in [-0.05, 0) is 37.5 Å². The van der Waals surface area contributed by atoms with E-state index in [1.807, 2.05) is 41.7 Å². The summed E-state index contributed by atoms with van der Waals surface area (Å²) in [5.74, 6) is -0.639. The van der Waals surface area contributed by atoms with Gasteiger partial charge in [0.15, 0.2) is 0 Å². The highest BCUT2D eigenvalue weighted by Crippen LogP contribution is 2.30. The first kappa shape index (κ1) is 17.3. The molecule has 1 unspecified atom stereocenters. The summed E-state index contributed by atoms with van der Waals surface area (Å²) >= 11 is 3.44. The maximum atomic E-state index is 12.9. The lowest BCUT2D eigenvalue weighted by atomic mass is 10.0. The second-order valence-corrected chi connectivity index (χ2v) is 7.79. The van der Waals surface area contributed by atoms with E-state index in [4.69, 9.17) is 0 Å². The zero-order chi connectivity index (χ0) is 18.1. The smallest absolute Gasteiger partial charge is 0.239 e. The van der Waals surface area contributed by atoms with Crippen LogP contribution in [0.1, 0.15) is 25.3 Å². The third kappa shape index (κ3) is 3.28. The van der Waals surface area contributed by atoms with Crippen molar-refractivity contribution in [3.63, 3.8) is 0 Å². The third-order valence-electron chi connectivity index (χ3n) is 5.35. The second kappa shape index (κ2) is 7.23. The van der Waals surface area contributed by atoms with E-state index in [2.05, 4.69) is 25.5 Å². The number of imidazole rings is 1. The average Bonchev–Trinajstić information content (AvgIpc) is 3.31. The van der Waals surface area contributed by atoms with Crippen molar-refractivity contribution in [3.8, 4) is 0 Å². The molecular weight excluding hydrogens is 396 g/mol. The molecule has 6 nitrogen and oxygen atoms in total. The molecule has 2 amide bonds. The molecule has 2 aromatic rings. The Labute approximate surface area is 160 Å². The van der Waals surface area contributed by atoms with E-state index < -0.39 is 5.92 Å². The summed E-state index contributed by atoms with van der Waals surface area (Å²) in [5, 5.41) is 0. The molecule has 0 radical (unpaired) electrons. The number of carbonyl (C=O) groups excluding carboxylic acids is 2. The molecule has 3 heterocycles. The van der Waals surface area contributed by atoms with E-state index in [0.717, 1.165) is 23.0 Å². The lowest BCUT2D eigenvalue weighted by Gasteiger charge is -2.33. The molecule has 1 atom stereocenters. The van der Waals surface area contributed by atoms with Crippen LogP contribution in [0.4, 0.5) is 5.69 Å². The van der Waals surface area contributed by atoms with Gasteiger partial charge in [0.2, 0.25) is 11.8 Å². The third-order valence-corrected chi connectivity index (χ3v) is 5.84. The predicted octanol–water partition coefficient (Wildman–Crippen LogP) is 2.86. The SMILES string of the molecule is O=C(C1CCN(c2cccc(Br)c2)C1=O)N1CCC(n2ccnc2)CC1. The minimum Gasteiger partial charge on any atom is -0.342 e. The van der Waals surface area contributed by atoms with Crippen LogP contribution in [0.5, 0.6) is 0 Å².